The number of alkyl halides is 7. The molecule has 2 rings (SSSR count). The Balaban J connectivity index is 2.82. The average molecular weight is 473 g/mol. The van der Waals surface area contributed by atoms with Gasteiger partial charge in [0.25, 0.3) is 0 Å². The maximum atomic E-state index is 14.8. The molecule has 0 aliphatic carbocycles. The van der Waals surface area contributed by atoms with Crippen LogP contribution in [0.3, 0.4) is 0 Å². The van der Waals surface area contributed by atoms with Gasteiger partial charge in [-0.05, 0) is 36.2 Å². The van der Waals surface area contributed by atoms with Crippen molar-refractivity contribution in [2.75, 3.05) is 7.11 Å². The van der Waals surface area contributed by atoms with E-state index in [2.05, 4.69) is 20.7 Å². The van der Waals surface area contributed by atoms with Gasteiger partial charge in [-0.2, -0.15) is 26.3 Å². The fraction of sp³-hybridized carbons (Fsp3) is 0.278. The highest BCUT2D eigenvalue weighted by atomic mass is 79.9. The summed E-state index contributed by atoms with van der Waals surface area (Å²) in [5.74, 6) is -0.750. The van der Waals surface area contributed by atoms with E-state index in [9.17, 15) is 35.5 Å². The fourth-order valence-corrected chi connectivity index (χ4v) is 3.47. The van der Waals surface area contributed by atoms with Crippen LogP contribution in [0.4, 0.5) is 30.7 Å². The summed E-state index contributed by atoms with van der Waals surface area (Å²) in [6.45, 7) is 1.24. The first-order chi connectivity index (χ1) is 12.7. The lowest BCUT2D eigenvalue weighted by Gasteiger charge is -2.32. The minimum atomic E-state index is -6.25. The van der Waals surface area contributed by atoms with Gasteiger partial charge < -0.3 is 4.74 Å². The van der Waals surface area contributed by atoms with Gasteiger partial charge >= 0.3 is 24.0 Å². The molecule has 0 N–H and O–H groups in total. The maximum absolute atomic E-state index is 14.8. The molecule has 0 unspecified atom stereocenters. The molecule has 0 fully saturated rings. The van der Waals surface area contributed by atoms with Crippen LogP contribution in [0.25, 0.3) is 11.1 Å². The Labute approximate surface area is 163 Å². The van der Waals surface area contributed by atoms with Crippen LogP contribution < -0.4 is 0 Å². The van der Waals surface area contributed by atoms with Crippen LogP contribution in [0, 0.1) is 6.92 Å². The number of esters is 1. The smallest absolute Gasteiger partial charge is 0.435 e. The van der Waals surface area contributed by atoms with Crippen molar-refractivity contribution in [2.45, 2.75) is 24.9 Å². The predicted octanol–water partition coefficient (Wildman–Crippen LogP) is 6.50. The minimum absolute atomic E-state index is 0.00710. The molecule has 0 aromatic heterocycles. The van der Waals surface area contributed by atoms with E-state index in [0.29, 0.717) is 6.07 Å². The summed E-state index contributed by atoms with van der Waals surface area (Å²) in [4.78, 5) is 11.5. The number of aryl methyl sites for hydroxylation is 1. The Morgan fingerprint density at radius 1 is 0.929 bits per heavy atom. The number of hydrogen-bond acceptors (Lipinski definition) is 2. The monoisotopic (exact) mass is 472 g/mol. The van der Waals surface area contributed by atoms with Crippen molar-refractivity contribution in [1.82, 2.24) is 0 Å². The first-order valence-electron chi connectivity index (χ1n) is 7.55. The maximum Gasteiger partial charge on any atom is 0.435 e. The largest absolute Gasteiger partial charge is 0.465 e. The van der Waals surface area contributed by atoms with Crippen molar-refractivity contribution in [3.8, 4) is 11.1 Å². The molecule has 152 valence electrons. The summed E-state index contributed by atoms with van der Waals surface area (Å²) >= 11 is 2.93. The fourth-order valence-electron chi connectivity index (χ4n) is 2.66. The van der Waals surface area contributed by atoms with E-state index < -0.39 is 35.1 Å². The summed E-state index contributed by atoms with van der Waals surface area (Å²) in [5, 5.41) is 0. The highest BCUT2D eigenvalue weighted by Crippen LogP contribution is 2.56. The molecule has 0 saturated carbocycles. The Bertz CT molecular complexity index is 873. The molecule has 0 amide bonds. The zero-order valence-corrected chi connectivity index (χ0v) is 15.9. The Morgan fingerprint density at radius 2 is 1.43 bits per heavy atom. The molecule has 10 heteroatoms. The zero-order chi connectivity index (χ0) is 21.5. The molecule has 2 aromatic rings. The molecule has 0 bridgehead atoms. The number of carbonyl (C=O) groups is 1. The molecule has 2 aromatic carbocycles. The summed E-state index contributed by atoms with van der Waals surface area (Å²) in [5.41, 5.74) is -7.94. The third kappa shape index (κ3) is 3.74. The lowest BCUT2D eigenvalue weighted by molar-refractivity contribution is -0.348. The quantitative estimate of drug-likeness (QED) is 0.376. The van der Waals surface area contributed by atoms with Crippen LogP contribution in [-0.2, 0) is 10.4 Å². The average Bonchev–Trinajstić information content (AvgIpc) is 2.58. The first kappa shape index (κ1) is 22.2. The van der Waals surface area contributed by atoms with Crippen LogP contribution in [0.1, 0.15) is 21.5 Å². The number of rotatable bonds is 3. The van der Waals surface area contributed by atoms with Crippen molar-refractivity contribution in [2.24, 2.45) is 0 Å². The highest BCUT2D eigenvalue weighted by Gasteiger charge is 2.74. The molecule has 0 saturated heterocycles. The lowest BCUT2D eigenvalue weighted by atomic mass is 9.85. The Morgan fingerprint density at radius 3 is 1.86 bits per heavy atom. The van der Waals surface area contributed by atoms with Crippen molar-refractivity contribution < 1.29 is 40.3 Å². The van der Waals surface area contributed by atoms with E-state index in [4.69, 9.17) is 0 Å². The van der Waals surface area contributed by atoms with Gasteiger partial charge in [-0.15, -0.1) is 0 Å². The summed E-state index contributed by atoms with van der Waals surface area (Å²) in [6, 6.07) is 6.29. The van der Waals surface area contributed by atoms with Crippen molar-refractivity contribution in [3.05, 3.63) is 57.6 Å². The number of hydrogen-bond donors (Lipinski definition) is 0. The summed E-state index contributed by atoms with van der Waals surface area (Å²) in [6.07, 6.45) is -12.5. The number of carbonyl (C=O) groups excluding carboxylic acids is 1. The number of benzene rings is 2. The number of methoxy groups -OCH3 is 1. The molecule has 28 heavy (non-hydrogen) atoms. The molecule has 0 aliphatic heterocycles. The second-order valence-corrected chi connectivity index (χ2v) is 6.75. The summed E-state index contributed by atoms with van der Waals surface area (Å²) in [7, 11) is 1.11. The molecular formula is C18H12BrF7O2. The number of ether oxygens (including phenoxy) is 1. The third-order valence-corrected chi connectivity index (χ3v) is 4.61. The summed E-state index contributed by atoms with van der Waals surface area (Å²) < 4.78 is 98.8. The second-order valence-electron chi connectivity index (χ2n) is 5.89. The van der Waals surface area contributed by atoms with Gasteiger partial charge in [0.05, 0.1) is 12.7 Å². The Hall–Kier alpha value is -2.10. The van der Waals surface area contributed by atoms with Gasteiger partial charge in [0, 0.05) is 15.6 Å². The molecule has 0 aliphatic rings. The van der Waals surface area contributed by atoms with Crippen molar-refractivity contribution in [3.63, 3.8) is 0 Å². The van der Waals surface area contributed by atoms with Crippen molar-refractivity contribution >= 4 is 21.9 Å². The normalized spacial score (nSPS) is 12.8. The SMILES string of the molecule is COC(=O)c1ccc(-c2c(Br)cc(C)cc2C(F)(C(F)(F)F)C(F)(F)F)cc1. The van der Waals surface area contributed by atoms with E-state index >= 15 is 0 Å². The third-order valence-electron chi connectivity index (χ3n) is 3.98. The second kappa shape index (κ2) is 7.38. The standard InChI is InChI=1S/C18H12BrF7O2/c1-9-7-12(16(20,17(21,22)23)18(24,25)26)14(13(19)8-9)10-3-5-11(6-4-10)15(27)28-2/h3-8H,1-2H3. The molecule has 2 nitrogen and oxygen atoms in total. The van der Waals surface area contributed by atoms with Gasteiger partial charge in [0.2, 0.25) is 0 Å². The van der Waals surface area contributed by atoms with E-state index in [1.54, 1.807) is 0 Å². The van der Waals surface area contributed by atoms with Gasteiger partial charge in [0.15, 0.2) is 0 Å². The van der Waals surface area contributed by atoms with Crippen LogP contribution in [0.15, 0.2) is 40.9 Å². The highest BCUT2D eigenvalue weighted by molar-refractivity contribution is 9.10. The lowest BCUT2D eigenvalue weighted by Crippen LogP contribution is -2.50. The van der Waals surface area contributed by atoms with Gasteiger partial charge in [-0.1, -0.05) is 34.1 Å². The molecular weight excluding hydrogens is 461 g/mol. The zero-order valence-electron chi connectivity index (χ0n) is 14.3. The van der Waals surface area contributed by atoms with E-state index in [0.717, 1.165) is 31.4 Å². The van der Waals surface area contributed by atoms with E-state index in [-0.39, 0.29) is 21.2 Å². The number of halogens is 8. The predicted molar refractivity (Wildman–Crippen MR) is 90.6 cm³/mol. The van der Waals surface area contributed by atoms with Crippen LogP contribution in [0.2, 0.25) is 0 Å². The molecule has 0 heterocycles. The van der Waals surface area contributed by atoms with Crippen LogP contribution in [-0.4, -0.2) is 25.4 Å². The van der Waals surface area contributed by atoms with Gasteiger partial charge in [-0.3, -0.25) is 0 Å². The molecule has 0 spiro atoms. The Kier molecular flexibility index (Phi) is 5.85. The van der Waals surface area contributed by atoms with Gasteiger partial charge in [-0.25, -0.2) is 9.18 Å². The topological polar surface area (TPSA) is 26.3 Å². The van der Waals surface area contributed by atoms with Crippen LogP contribution in [0.5, 0.6) is 0 Å². The minimum Gasteiger partial charge on any atom is -0.465 e. The van der Waals surface area contributed by atoms with Gasteiger partial charge in [0.1, 0.15) is 0 Å². The molecule has 0 radical (unpaired) electrons. The first-order valence-corrected chi connectivity index (χ1v) is 8.35. The van der Waals surface area contributed by atoms with Crippen LogP contribution >= 0.6 is 15.9 Å². The molecule has 0 atom stereocenters. The van der Waals surface area contributed by atoms with E-state index in [1.165, 1.54) is 13.0 Å². The van der Waals surface area contributed by atoms with E-state index in [1.807, 2.05) is 0 Å². The van der Waals surface area contributed by atoms with Crippen molar-refractivity contribution in [1.29, 1.82) is 0 Å².